The molecule has 2 nitrogen and oxygen atoms in total. The van der Waals surface area contributed by atoms with Crippen LogP contribution in [0.3, 0.4) is 0 Å². The molecule has 0 bridgehead atoms. The highest BCUT2D eigenvalue weighted by atomic mass is 32.1. The predicted octanol–water partition coefficient (Wildman–Crippen LogP) is 3.90. The molecule has 0 aliphatic carbocycles. The third kappa shape index (κ3) is 2.99. The molecule has 1 heterocycles. The fourth-order valence-corrected chi connectivity index (χ4v) is 2.78. The first kappa shape index (κ1) is 14.9. The summed E-state index contributed by atoms with van der Waals surface area (Å²) in [5.74, 6) is -1.67. The molecular formula is C15H18F2N2S. The maximum atomic E-state index is 14.2. The number of benzene rings is 1. The average Bonchev–Trinajstić information content (AvgIpc) is 2.92. The quantitative estimate of drug-likeness (QED) is 0.906. The second-order valence-corrected chi connectivity index (χ2v) is 5.91. The van der Waals surface area contributed by atoms with E-state index in [1.807, 2.05) is 36.3 Å². The van der Waals surface area contributed by atoms with Crippen molar-refractivity contribution >= 4 is 17.0 Å². The van der Waals surface area contributed by atoms with Crippen LogP contribution in [-0.4, -0.2) is 6.04 Å². The lowest BCUT2D eigenvalue weighted by atomic mass is 10.1. The second-order valence-electron chi connectivity index (χ2n) is 4.88. The topological polar surface area (TPSA) is 29.3 Å². The van der Waals surface area contributed by atoms with Gasteiger partial charge < -0.3 is 10.6 Å². The SMILES string of the molecule is CC(C)N(Cc1cccs1)c1ccc(CN)c(F)c1F. The van der Waals surface area contributed by atoms with Gasteiger partial charge in [0.1, 0.15) is 0 Å². The molecular weight excluding hydrogens is 278 g/mol. The number of hydrogen-bond donors (Lipinski definition) is 1. The summed E-state index contributed by atoms with van der Waals surface area (Å²) in [6.07, 6.45) is 0. The van der Waals surface area contributed by atoms with Gasteiger partial charge in [0.05, 0.1) is 12.2 Å². The molecule has 0 fully saturated rings. The third-order valence-corrected chi connectivity index (χ3v) is 4.06. The summed E-state index contributed by atoms with van der Waals surface area (Å²) in [6.45, 7) is 4.48. The maximum absolute atomic E-state index is 14.2. The first-order chi connectivity index (χ1) is 9.54. The Morgan fingerprint density at radius 1 is 1.20 bits per heavy atom. The zero-order valence-electron chi connectivity index (χ0n) is 11.6. The number of thiophene rings is 1. The Balaban J connectivity index is 2.37. The Labute approximate surface area is 121 Å². The number of anilines is 1. The Morgan fingerprint density at radius 2 is 1.95 bits per heavy atom. The van der Waals surface area contributed by atoms with Gasteiger partial charge in [-0.15, -0.1) is 11.3 Å². The molecule has 0 saturated heterocycles. The Hall–Kier alpha value is -1.46. The van der Waals surface area contributed by atoms with E-state index in [1.54, 1.807) is 23.5 Å². The van der Waals surface area contributed by atoms with Crippen LogP contribution in [0.2, 0.25) is 0 Å². The van der Waals surface area contributed by atoms with Crippen LogP contribution in [0.1, 0.15) is 24.3 Å². The fraction of sp³-hybridized carbons (Fsp3) is 0.333. The summed E-state index contributed by atoms with van der Waals surface area (Å²) in [6, 6.07) is 7.16. The summed E-state index contributed by atoms with van der Waals surface area (Å²) < 4.78 is 28.1. The molecule has 0 atom stereocenters. The van der Waals surface area contributed by atoms with Crippen molar-refractivity contribution in [3.8, 4) is 0 Å². The van der Waals surface area contributed by atoms with E-state index in [1.165, 1.54) is 0 Å². The van der Waals surface area contributed by atoms with E-state index in [9.17, 15) is 8.78 Å². The Kier molecular flexibility index (Phi) is 4.73. The number of hydrogen-bond acceptors (Lipinski definition) is 3. The molecule has 0 aliphatic rings. The highest BCUT2D eigenvalue weighted by Gasteiger charge is 2.20. The lowest BCUT2D eigenvalue weighted by Gasteiger charge is -2.29. The third-order valence-electron chi connectivity index (χ3n) is 3.20. The highest BCUT2D eigenvalue weighted by Crippen LogP contribution is 2.28. The van der Waals surface area contributed by atoms with Crippen LogP contribution in [0, 0.1) is 11.6 Å². The Bertz CT molecular complexity index is 568. The smallest absolute Gasteiger partial charge is 0.182 e. The van der Waals surface area contributed by atoms with Crippen molar-refractivity contribution in [3.63, 3.8) is 0 Å². The van der Waals surface area contributed by atoms with Crippen molar-refractivity contribution < 1.29 is 8.78 Å². The zero-order valence-corrected chi connectivity index (χ0v) is 12.4. The van der Waals surface area contributed by atoms with Crippen LogP contribution in [-0.2, 0) is 13.1 Å². The van der Waals surface area contributed by atoms with Gasteiger partial charge in [-0.25, -0.2) is 8.78 Å². The molecule has 1 aromatic carbocycles. The van der Waals surface area contributed by atoms with E-state index in [4.69, 9.17) is 5.73 Å². The molecule has 2 rings (SSSR count). The van der Waals surface area contributed by atoms with Gasteiger partial charge in [-0.3, -0.25) is 0 Å². The van der Waals surface area contributed by atoms with Crippen molar-refractivity contribution in [2.75, 3.05) is 4.90 Å². The number of rotatable bonds is 5. The van der Waals surface area contributed by atoms with E-state index < -0.39 is 11.6 Å². The maximum Gasteiger partial charge on any atom is 0.182 e. The van der Waals surface area contributed by atoms with E-state index in [-0.39, 0.29) is 23.8 Å². The van der Waals surface area contributed by atoms with Gasteiger partial charge in [0.2, 0.25) is 0 Å². The molecule has 2 aromatic rings. The molecule has 0 spiro atoms. The largest absolute Gasteiger partial charge is 0.362 e. The molecule has 0 aliphatic heterocycles. The van der Waals surface area contributed by atoms with Gasteiger partial charge >= 0.3 is 0 Å². The van der Waals surface area contributed by atoms with Crippen molar-refractivity contribution in [1.82, 2.24) is 0 Å². The highest BCUT2D eigenvalue weighted by molar-refractivity contribution is 7.09. The van der Waals surface area contributed by atoms with Gasteiger partial charge in [-0.2, -0.15) is 0 Å². The monoisotopic (exact) mass is 296 g/mol. The minimum absolute atomic E-state index is 0.00433. The van der Waals surface area contributed by atoms with Crippen molar-refractivity contribution in [1.29, 1.82) is 0 Å². The normalized spacial score (nSPS) is 11.1. The lowest BCUT2D eigenvalue weighted by Crippen LogP contribution is -2.31. The molecule has 108 valence electrons. The minimum atomic E-state index is -0.846. The predicted molar refractivity (Wildman–Crippen MR) is 79.9 cm³/mol. The second kappa shape index (κ2) is 6.33. The van der Waals surface area contributed by atoms with E-state index >= 15 is 0 Å². The summed E-state index contributed by atoms with van der Waals surface area (Å²) in [5, 5.41) is 1.97. The summed E-state index contributed by atoms with van der Waals surface area (Å²) >= 11 is 1.60. The van der Waals surface area contributed by atoms with E-state index in [0.717, 1.165) is 4.88 Å². The van der Waals surface area contributed by atoms with Gasteiger partial charge in [0.15, 0.2) is 11.6 Å². The van der Waals surface area contributed by atoms with Crippen molar-refractivity contribution in [3.05, 3.63) is 51.7 Å². The van der Waals surface area contributed by atoms with Gasteiger partial charge in [-0.1, -0.05) is 12.1 Å². The van der Waals surface area contributed by atoms with Crippen LogP contribution in [0.4, 0.5) is 14.5 Å². The molecule has 5 heteroatoms. The molecule has 1 aromatic heterocycles. The van der Waals surface area contributed by atoms with Crippen LogP contribution in [0.25, 0.3) is 0 Å². The van der Waals surface area contributed by atoms with E-state index in [2.05, 4.69) is 0 Å². The first-order valence-electron chi connectivity index (χ1n) is 6.50. The molecule has 20 heavy (non-hydrogen) atoms. The van der Waals surface area contributed by atoms with Crippen LogP contribution in [0.15, 0.2) is 29.6 Å². The van der Waals surface area contributed by atoms with Crippen molar-refractivity contribution in [2.24, 2.45) is 5.73 Å². The number of nitrogens with two attached hydrogens (primary N) is 1. The summed E-state index contributed by atoms with van der Waals surface area (Å²) in [5.41, 5.74) is 5.88. The van der Waals surface area contributed by atoms with Crippen molar-refractivity contribution in [2.45, 2.75) is 33.0 Å². The first-order valence-corrected chi connectivity index (χ1v) is 7.38. The molecule has 2 N–H and O–H groups in total. The van der Waals surface area contributed by atoms with Gasteiger partial charge in [0, 0.05) is 23.0 Å². The fourth-order valence-electron chi connectivity index (χ4n) is 2.08. The van der Waals surface area contributed by atoms with Crippen LogP contribution < -0.4 is 10.6 Å². The molecule has 0 unspecified atom stereocenters. The lowest BCUT2D eigenvalue weighted by molar-refractivity contribution is 0.493. The van der Waals surface area contributed by atoms with E-state index in [0.29, 0.717) is 6.54 Å². The van der Waals surface area contributed by atoms with Gasteiger partial charge in [-0.05, 0) is 31.4 Å². The standard InChI is InChI=1S/C15H18F2N2S/c1-10(2)19(9-12-4-3-7-20-12)13-6-5-11(8-18)14(16)15(13)17/h3-7,10H,8-9,18H2,1-2H3. The van der Waals surface area contributed by atoms with Crippen LogP contribution >= 0.6 is 11.3 Å². The molecule has 0 amide bonds. The summed E-state index contributed by atoms with van der Waals surface area (Å²) in [7, 11) is 0. The number of halogens is 2. The molecule has 0 radical (unpaired) electrons. The number of nitrogens with zero attached hydrogens (tertiary/aromatic N) is 1. The average molecular weight is 296 g/mol. The zero-order chi connectivity index (χ0) is 14.7. The van der Waals surface area contributed by atoms with Gasteiger partial charge in [0.25, 0.3) is 0 Å². The minimum Gasteiger partial charge on any atom is -0.362 e. The Morgan fingerprint density at radius 3 is 2.50 bits per heavy atom. The van der Waals surface area contributed by atoms with Crippen LogP contribution in [0.5, 0.6) is 0 Å². The summed E-state index contributed by atoms with van der Waals surface area (Å²) in [4.78, 5) is 2.96. The molecule has 0 saturated carbocycles.